The van der Waals surface area contributed by atoms with Crippen molar-refractivity contribution in [2.75, 3.05) is 24.4 Å². The van der Waals surface area contributed by atoms with Gasteiger partial charge < -0.3 is 4.90 Å². The van der Waals surface area contributed by atoms with Gasteiger partial charge in [-0.3, -0.25) is 10.2 Å². The highest BCUT2D eigenvalue weighted by atomic mass is 32.1. The summed E-state index contributed by atoms with van der Waals surface area (Å²) in [5, 5.41) is 5.01. The lowest BCUT2D eigenvalue weighted by atomic mass is 10.1. The highest BCUT2D eigenvalue weighted by molar-refractivity contribution is 7.22. The molecule has 0 amide bonds. The SMILES string of the molecule is CN(C)c1ccc2c(c1)C/C(=N/Nc1nc3ccccc3s1)C2=O. The molecule has 0 atom stereocenters. The van der Waals surface area contributed by atoms with E-state index in [1.54, 1.807) is 0 Å². The standard InChI is InChI=1S/C18H16N4OS/c1-22(2)12-7-8-13-11(9-12)10-15(17(13)23)20-21-18-19-14-5-3-4-6-16(14)24-18/h3-9H,10H2,1-2H3,(H,19,21)/b20-15-. The molecule has 1 N–H and O–H groups in total. The first-order chi connectivity index (χ1) is 11.6. The van der Waals surface area contributed by atoms with Crippen molar-refractivity contribution in [2.24, 2.45) is 5.10 Å². The molecular formula is C18H16N4OS. The number of aromatic nitrogens is 1. The van der Waals surface area contributed by atoms with E-state index in [-0.39, 0.29) is 5.78 Å². The van der Waals surface area contributed by atoms with Crippen molar-refractivity contribution >= 4 is 43.9 Å². The Balaban J connectivity index is 1.58. The van der Waals surface area contributed by atoms with Crippen LogP contribution in [0.15, 0.2) is 47.6 Å². The molecule has 0 aliphatic heterocycles. The Morgan fingerprint density at radius 1 is 1.21 bits per heavy atom. The number of nitrogens with one attached hydrogen (secondary N) is 1. The summed E-state index contributed by atoms with van der Waals surface area (Å²) in [4.78, 5) is 19.0. The second-order valence-corrected chi connectivity index (χ2v) is 6.93. The van der Waals surface area contributed by atoms with Crippen LogP contribution in [0.2, 0.25) is 0 Å². The molecule has 4 rings (SSSR count). The van der Waals surface area contributed by atoms with Crippen LogP contribution in [0.1, 0.15) is 15.9 Å². The number of hydrogen-bond acceptors (Lipinski definition) is 6. The number of para-hydroxylation sites is 1. The average molecular weight is 336 g/mol. The summed E-state index contributed by atoms with van der Waals surface area (Å²) in [7, 11) is 3.98. The molecule has 5 nitrogen and oxygen atoms in total. The molecule has 0 fully saturated rings. The van der Waals surface area contributed by atoms with Crippen molar-refractivity contribution in [1.29, 1.82) is 0 Å². The first-order valence-corrected chi connectivity index (χ1v) is 8.46. The van der Waals surface area contributed by atoms with Gasteiger partial charge in [0, 0.05) is 31.8 Å². The number of nitrogens with zero attached hydrogens (tertiary/aromatic N) is 3. The third-order valence-electron chi connectivity index (χ3n) is 4.05. The molecule has 24 heavy (non-hydrogen) atoms. The van der Waals surface area contributed by atoms with Gasteiger partial charge in [0.2, 0.25) is 10.9 Å². The zero-order chi connectivity index (χ0) is 16.7. The number of carbonyl (C=O) groups excluding carboxylic acids is 1. The Morgan fingerprint density at radius 2 is 2.04 bits per heavy atom. The lowest BCUT2D eigenvalue weighted by molar-refractivity contribution is 0.106. The quantitative estimate of drug-likeness (QED) is 0.743. The third kappa shape index (κ3) is 2.55. The highest BCUT2D eigenvalue weighted by Crippen LogP contribution is 2.27. The number of hydrazone groups is 1. The molecular weight excluding hydrogens is 320 g/mol. The summed E-state index contributed by atoms with van der Waals surface area (Å²) in [6.45, 7) is 0. The topological polar surface area (TPSA) is 57.6 Å². The molecule has 0 bridgehead atoms. The van der Waals surface area contributed by atoms with E-state index in [1.165, 1.54) is 11.3 Å². The summed E-state index contributed by atoms with van der Waals surface area (Å²) in [5.41, 5.74) is 7.25. The van der Waals surface area contributed by atoms with E-state index < -0.39 is 0 Å². The van der Waals surface area contributed by atoms with E-state index in [0.717, 1.165) is 27.0 Å². The van der Waals surface area contributed by atoms with Gasteiger partial charge in [-0.1, -0.05) is 23.5 Å². The fraction of sp³-hybridized carbons (Fsp3) is 0.167. The number of fused-ring (bicyclic) bond motifs is 2. The largest absolute Gasteiger partial charge is 0.378 e. The molecule has 1 aliphatic carbocycles. The van der Waals surface area contributed by atoms with Crippen LogP contribution >= 0.6 is 11.3 Å². The second kappa shape index (κ2) is 5.72. The maximum Gasteiger partial charge on any atom is 0.209 e. The Bertz CT molecular complexity index is 941. The number of ketones is 1. The normalized spacial score (nSPS) is 15.1. The molecule has 6 heteroatoms. The first kappa shape index (κ1) is 14.8. The molecule has 120 valence electrons. The molecule has 1 heterocycles. The Kier molecular flexibility index (Phi) is 3.54. The van der Waals surface area contributed by atoms with Crippen LogP contribution in [0, 0.1) is 0 Å². The number of anilines is 2. The van der Waals surface area contributed by atoms with Crippen molar-refractivity contribution in [2.45, 2.75) is 6.42 Å². The molecule has 1 aromatic heterocycles. The Morgan fingerprint density at radius 3 is 2.83 bits per heavy atom. The second-order valence-electron chi connectivity index (χ2n) is 5.90. The van der Waals surface area contributed by atoms with Crippen molar-refractivity contribution in [3.05, 3.63) is 53.6 Å². The van der Waals surface area contributed by atoms with E-state index in [0.29, 0.717) is 17.3 Å². The van der Waals surface area contributed by atoms with Crippen molar-refractivity contribution in [3.8, 4) is 0 Å². The summed E-state index contributed by atoms with van der Waals surface area (Å²) in [6, 6.07) is 13.8. The first-order valence-electron chi connectivity index (χ1n) is 7.65. The number of benzene rings is 2. The van der Waals surface area contributed by atoms with Gasteiger partial charge in [-0.2, -0.15) is 5.10 Å². The number of carbonyl (C=O) groups is 1. The molecule has 0 radical (unpaired) electrons. The summed E-state index contributed by atoms with van der Waals surface area (Å²) in [5.74, 6) is -0.0103. The van der Waals surface area contributed by atoms with Crippen LogP contribution in [0.5, 0.6) is 0 Å². The lowest BCUT2D eigenvalue weighted by Crippen LogP contribution is -2.10. The van der Waals surface area contributed by atoms with Gasteiger partial charge in [-0.15, -0.1) is 0 Å². The van der Waals surface area contributed by atoms with Crippen molar-refractivity contribution in [3.63, 3.8) is 0 Å². The third-order valence-corrected chi connectivity index (χ3v) is 4.99. The minimum absolute atomic E-state index is 0.0103. The number of thiazole rings is 1. The zero-order valence-corrected chi connectivity index (χ0v) is 14.2. The predicted molar refractivity (Wildman–Crippen MR) is 99.5 cm³/mol. The van der Waals surface area contributed by atoms with Crippen molar-refractivity contribution < 1.29 is 4.79 Å². The smallest absolute Gasteiger partial charge is 0.209 e. The molecule has 3 aromatic rings. The Hall–Kier alpha value is -2.73. The molecule has 0 spiro atoms. The maximum atomic E-state index is 12.5. The fourth-order valence-electron chi connectivity index (χ4n) is 2.77. The summed E-state index contributed by atoms with van der Waals surface area (Å²) >= 11 is 1.52. The van der Waals surface area contributed by atoms with E-state index in [1.807, 2.05) is 61.5 Å². The van der Waals surface area contributed by atoms with Crippen LogP contribution in [-0.4, -0.2) is 30.6 Å². The minimum atomic E-state index is -0.0103. The van der Waals surface area contributed by atoms with Gasteiger partial charge in [-0.25, -0.2) is 4.98 Å². The van der Waals surface area contributed by atoms with E-state index in [9.17, 15) is 4.79 Å². The molecule has 2 aromatic carbocycles. The van der Waals surface area contributed by atoms with Crippen LogP contribution < -0.4 is 10.3 Å². The molecule has 0 unspecified atom stereocenters. The van der Waals surface area contributed by atoms with Crippen molar-refractivity contribution in [1.82, 2.24) is 4.98 Å². The number of hydrogen-bond donors (Lipinski definition) is 1. The summed E-state index contributed by atoms with van der Waals surface area (Å²) < 4.78 is 1.09. The van der Waals surface area contributed by atoms with E-state index >= 15 is 0 Å². The van der Waals surface area contributed by atoms with Gasteiger partial charge in [0.25, 0.3) is 0 Å². The minimum Gasteiger partial charge on any atom is -0.378 e. The monoisotopic (exact) mass is 336 g/mol. The number of Topliss-reactive ketones (excluding diaryl/α,β-unsaturated/α-hetero) is 1. The van der Waals surface area contributed by atoms with Crippen LogP contribution in [0.3, 0.4) is 0 Å². The summed E-state index contributed by atoms with van der Waals surface area (Å²) in [6.07, 6.45) is 0.549. The zero-order valence-electron chi connectivity index (χ0n) is 13.4. The van der Waals surface area contributed by atoms with Crippen LogP contribution in [0.25, 0.3) is 10.2 Å². The maximum absolute atomic E-state index is 12.5. The van der Waals surface area contributed by atoms with Gasteiger partial charge in [0.05, 0.1) is 10.2 Å². The van der Waals surface area contributed by atoms with Crippen LogP contribution in [-0.2, 0) is 6.42 Å². The van der Waals surface area contributed by atoms with Crippen LogP contribution in [0.4, 0.5) is 10.8 Å². The molecule has 0 saturated heterocycles. The predicted octanol–water partition coefficient (Wildman–Crippen LogP) is 3.57. The van der Waals surface area contributed by atoms with Gasteiger partial charge in [-0.05, 0) is 35.9 Å². The molecule has 0 saturated carbocycles. The highest BCUT2D eigenvalue weighted by Gasteiger charge is 2.27. The lowest BCUT2D eigenvalue weighted by Gasteiger charge is -2.12. The average Bonchev–Trinajstić information content (AvgIpc) is 3.13. The van der Waals surface area contributed by atoms with Gasteiger partial charge in [0.1, 0.15) is 5.71 Å². The van der Waals surface area contributed by atoms with Gasteiger partial charge >= 0.3 is 0 Å². The van der Waals surface area contributed by atoms with Gasteiger partial charge in [0.15, 0.2) is 0 Å². The number of rotatable bonds is 3. The van der Waals surface area contributed by atoms with E-state index in [2.05, 4.69) is 15.5 Å². The van der Waals surface area contributed by atoms with E-state index in [4.69, 9.17) is 0 Å². The molecule has 1 aliphatic rings. The Labute approximate surface area is 143 Å². The fourth-order valence-corrected chi connectivity index (χ4v) is 3.58.